The minimum atomic E-state index is -0.608. The molecule has 2 amide bonds. The summed E-state index contributed by atoms with van der Waals surface area (Å²) in [6.45, 7) is 4.19. The topological polar surface area (TPSA) is 93.5 Å². The highest BCUT2D eigenvalue weighted by Gasteiger charge is 2.17. The van der Waals surface area contributed by atoms with Gasteiger partial charge in [-0.25, -0.2) is 0 Å². The molecule has 1 aromatic carbocycles. The Balaban J connectivity index is 0.00000364. The van der Waals surface area contributed by atoms with Gasteiger partial charge in [0.05, 0.1) is 25.3 Å². The van der Waals surface area contributed by atoms with Crippen molar-refractivity contribution in [2.45, 2.75) is 64.7 Å². The van der Waals surface area contributed by atoms with E-state index in [1.807, 2.05) is 38.1 Å². The van der Waals surface area contributed by atoms with Gasteiger partial charge in [0.25, 0.3) is 0 Å². The first-order valence-corrected chi connectivity index (χ1v) is 9.49. The molecule has 27 heavy (non-hydrogen) atoms. The van der Waals surface area contributed by atoms with Crippen LogP contribution in [-0.4, -0.2) is 30.5 Å². The number of carbonyl (C=O) groups excluding carboxylic acids is 2. The number of rotatable bonds is 8. The zero-order valence-electron chi connectivity index (χ0n) is 16.2. The second kappa shape index (κ2) is 12.0. The number of ether oxygens (including phenoxy) is 1. The van der Waals surface area contributed by atoms with Crippen molar-refractivity contribution in [3.63, 3.8) is 0 Å². The molecule has 0 aromatic heterocycles. The molecule has 2 rings (SSSR count). The number of nitrogens with one attached hydrogen (secondary N) is 2. The van der Waals surface area contributed by atoms with Crippen LogP contribution in [0.5, 0.6) is 0 Å². The molecule has 0 heterocycles. The minimum Gasteiger partial charge on any atom is -0.374 e. The normalized spacial score (nSPS) is 15.7. The van der Waals surface area contributed by atoms with Gasteiger partial charge in [-0.05, 0) is 36.5 Å². The first-order valence-electron chi connectivity index (χ1n) is 9.49. The highest BCUT2D eigenvalue weighted by atomic mass is 35.5. The van der Waals surface area contributed by atoms with Crippen LogP contribution >= 0.6 is 12.4 Å². The molecule has 1 atom stereocenters. The summed E-state index contributed by atoms with van der Waals surface area (Å²) >= 11 is 0. The predicted molar refractivity (Wildman–Crippen MR) is 110 cm³/mol. The Morgan fingerprint density at radius 1 is 1.22 bits per heavy atom. The fourth-order valence-electron chi connectivity index (χ4n) is 2.98. The average Bonchev–Trinajstić information content (AvgIpc) is 2.65. The van der Waals surface area contributed by atoms with E-state index < -0.39 is 6.04 Å². The molecule has 1 aliphatic rings. The molecule has 4 N–H and O–H groups in total. The number of hydrogen-bond acceptors (Lipinski definition) is 4. The van der Waals surface area contributed by atoms with Gasteiger partial charge in [0.1, 0.15) is 0 Å². The third-order valence-electron chi connectivity index (χ3n) is 4.69. The molecule has 0 unspecified atom stereocenters. The predicted octanol–water partition coefficient (Wildman–Crippen LogP) is 3.00. The van der Waals surface area contributed by atoms with Crippen molar-refractivity contribution < 1.29 is 14.3 Å². The van der Waals surface area contributed by atoms with E-state index in [0.29, 0.717) is 18.4 Å². The lowest BCUT2D eigenvalue weighted by Gasteiger charge is -2.22. The maximum Gasteiger partial charge on any atom is 0.243 e. The summed E-state index contributed by atoms with van der Waals surface area (Å²) in [4.78, 5) is 23.8. The van der Waals surface area contributed by atoms with Crippen LogP contribution in [0.3, 0.4) is 0 Å². The Kier molecular flexibility index (Phi) is 10.4. The summed E-state index contributed by atoms with van der Waals surface area (Å²) < 4.78 is 5.97. The summed E-state index contributed by atoms with van der Waals surface area (Å²) in [6, 6.07) is 7.00. The third-order valence-corrected chi connectivity index (χ3v) is 4.69. The number of nitrogens with two attached hydrogens (primary N) is 1. The molecular weight excluding hydrogens is 366 g/mol. The van der Waals surface area contributed by atoms with Gasteiger partial charge in [-0.1, -0.05) is 45.2 Å². The van der Waals surface area contributed by atoms with Crippen molar-refractivity contribution in [2.75, 3.05) is 11.9 Å². The molecule has 1 fully saturated rings. The SMILES string of the molecule is CC(C)[C@H](N)C(=O)NCC(=O)Nc1cccc(COC2CCCCC2)c1.Cl. The van der Waals surface area contributed by atoms with Gasteiger partial charge >= 0.3 is 0 Å². The molecule has 1 saturated carbocycles. The molecule has 0 radical (unpaired) electrons. The van der Waals surface area contributed by atoms with Crippen molar-refractivity contribution in [3.05, 3.63) is 29.8 Å². The quantitative estimate of drug-likeness (QED) is 0.628. The fraction of sp³-hybridized carbons (Fsp3) is 0.600. The molecule has 7 heteroatoms. The van der Waals surface area contributed by atoms with Gasteiger partial charge in [-0.2, -0.15) is 0 Å². The van der Waals surface area contributed by atoms with Crippen LogP contribution in [0.15, 0.2) is 24.3 Å². The molecule has 1 aliphatic carbocycles. The molecule has 152 valence electrons. The number of carbonyl (C=O) groups is 2. The van der Waals surface area contributed by atoms with Gasteiger partial charge < -0.3 is 21.1 Å². The second-order valence-electron chi connectivity index (χ2n) is 7.31. The standard InChI is InChI=1S/C20H31N3O3.ClH/c1-14(2)19(21)20(25)22-12-18(24)23-16-8-6-7-15(11-16)13-26-17-9-4-3-5-10-17;/h6-8,11,14,17,19H,3-5,9-10,12-13,21H2,1-2H3,(H,22,25)(H,23,24);1H/t19-;/m0./s1. The van der Waals surface area contributed by atoms with Gasteiger partial charge in [0.2, 0.25) is 11.8 Å². The number of anilines is 1. The zero-order valence-corrected chi connectivity index (χ0v) is 17.0. The monoisotopic (exact) mass is 397 g/mol. The fourth-order valence-corrected chi connectivity index (χ4v) is 2.98. The van der Waals surface area contributed by atoms with Crippen molar-refractivity contribution in [2.24, 2.45) is 11.7 Å². The van der Waals surface area contributed by atoms with E-state index in [4.69, 9.17) is 10.5 Å². The highest BCUT2D eigenvalue weighted by Crippen LogP contribution is 2.22. The maximum atomic E-state index is 12.0. The summed E-state index contributed by atoms with van der Waals surface area (Å²) in [5, 5.41) is 5.36. The first-order chi connectivity index (χ1) is 12.5. The molecule has 0 saturated heterocycles. The number of halogens is 1. The molecule has 6 nitrogen and oxygen atoms in total. The maximum absolute atomic E-state index is 12.0. The van der Waals surface area contributed by atoms with E-state index in [-0.39, 0.29) is 36.7 Å². The van der Waals surface area contributed by atoms with E-state index >= 15 is 0 Å². The molecule has 0 bridgehead atoms. The van der Waals surface area contributed by atoms with E-state index in [0.717, 1.165) is 18.4 Å². The van der Waals surface area contributed by atoms with E-state index in [2.05, 4.69) is 10.6 Å². The van der Waals surface area contributed by atoms with Crippen LogP contribution in [0, 0.1) is 5.92 Å². The largest absolute Gasteiger partial charge is 0.374 e. The minimum absolute atomic E-state index is 0. The Hall–Kier alpha value is -1.63. The van der Waals surface area contributed by atoms with Crippen LogP contribution in [-0.2, 0) is 20.9 Å². The lowest BCUT2D eigenvalue weighted by Crippen LogP contribution is -2.46. The highest BCUT2D eigenvalue weighted by molar-refractivity contribution is 5.95. The first kappa shape index (κ1) is 23.4. The van der Waals surface area contributed by atoms with Crippen LogP contribution in [0.2, 0.25) is 0 Å². The van der Waals surface area contributed by atoms with Crippen LogP contribution in [0.1, 0.15) is 51.5 Å². The van der Waals surface area contributed by atoms with Gasteiger partial charge in [0.15, 0.2) is 0 Å². The summed E-state index contributed by atoms with van der Waals surface area (Å²) in [6.07, 6.45) is 6.41. The summed E-state index contributed by atoms with van der Waals surface area (Å²) in [5.74, 6) is -0.566. The number of benzene rings is 1. The lowest BCUT2D eigenvalue weighted by atomic mass is 9.98. The zero-order chi connectivity index (χ0) is 18.9. The van der Waals surface area contributed by atoms with Gasteiger partial charge in [-0.15, -0.1) is 12.4 Å². The Morgan fingerprint density at radius 3 is 2.59 bits per heavy atom. The molecule has 0 aliphatic heterocycles. The average molecular weight is 398 g/mol. The summed E-state index contributed by atoms with van der Waals surface area (Å²) in [5.41, 5.74) is 7.48. The molecule has 0 spiro atoms. The third kappa shape index (κ3) is 8.28. The Labute approximate surface area is 168 Å². The second-order valence-corrected chi connectivity index (χ2v) is 7.31. The number of amides is 2. The van der Waals surface area contributed by atoms with E-state index in [1.165, 1.54) is 19.3 Å². The van der Waals surface area contributed by atoms with Crippen molar-refractivity contribution in [3.8, 4) is 0 Å². The lowest BCUT2D eigenvalue weighted by molar-refractivity contribution is -0.125. The van der Waals surface area contributed by atoms with Crippen molar-refractivity contribution >= 4 is 29.9 Å². The molecular formula is C20H32ClN3O3. The molecule has 1 aromatic rings. The Bertz CT molecular complexity index is 604. The summed E-state index contributed by atoms with van der Waals surface area (Å²) in [7, 11) is 0. The van der Waals surface area contributed by atoms with Crippen molar-refractivity contribution in [1.29, 1.82) is 0 Å². The smallest absolute Gasteiger partial charge is 0.243 e. The Morgan fingerprint density at radius 2 is 1.93 bits per heavy atom. The van der Waals surface area contributed by atoms with Gasteiger partial charge in [-0.3, -0.25) is 9.59 Å². The van der Waals surface area contributed by atoms with Crippen LogP contribution in [0.4, 0.5) is 5.69 Å². The van der Waals surface area contributed by atoms with Crippen LogP contribution in [0.25, 0.3) is 0 Å². The van der Waals surface area contributed by atoms with Gasteiger partial charge in [0, 0.05) is 5.69 Å². The van der Waals surface area contributed by atoms with Crippen LogP contribution < -0.4 is 16.4 Å². The van der Waals surface area contributed by atoms with E-state index in [9.17, 15) is 9.59 Å². The van der Waals surface area contributed by atoms with E-state index in [1.54, 1.807) is 0 Å². The van der Waals surface area contributed by atoms with Crippen molar-refractivity contribution in [1.82, 2.24) is 5.32 Å². The number of hydrogen-bond donors (Lipinski definition) is 3.